The Morgan fingerprint density at radius 2 is 2.07 bits per heavy atom. The molecule has 1 aliphatic carbocycles. The molecular formula is C10H16N4. The number of aryl methyl sites for hydroxylation is 1. The molecule has 0 saturated heterocycles. The summed E-state index contributed by atoms with van der Waals surface area (Å²) in [5.74, 6) is 6.53. The lowest BCUT2D eigenvalue weighted by atomic mass is 10.00. The maximum Gasteiger partial charge on any atom is 0.162 e. The van der Waals surface area contributed by atoms with Crippen molar-refractivity contribution in [2.24, 2.45) is 5.84 Å². The molecule has 1 aromatic heterocycles. The zero-order valence-electron chi connectivity index (χ0n) is 8.45. The fourth-order valence-corrected chi connectivity index (χ4v) is 2.17. The number of rotatable bonds is 2. The number of hydrazine groups is 1. The third-order valence-electron chi connectivity index (χ3n) is 2.91. The number of nitrogens with one attached hydrogen (secondary N) is 1. The molecule has 0 amide bonds. The van der Waals surface area contributed by atoms with Crippen molar-refractivity contribution in [3.63, 3.8) is 0 Å². The van der Waals surface area contributed by atoms with Crippen molar-refractivity contribution >= 4 is 5.82 Å². The van der Waals surface area contributed by atoms with E-state index in [1.165, 1.54) is 31.2 Å². The van der Waals surface area contributed by atoms with Gasteiger partial charge in [-0.05, 0) is 31.4 Å². The van der Waals surface area contributed by atoms with E-state index in [4.69, 9.17) is 5.84 Å². The number of aromatic nitrogens is 2. The van der Waals surface area contributed by atoms with Gasteiger partial charge in [0.25, 0.3) is 0 Å². The third-order valence-corrected chi connectivity index (χ3v) is 2.91. The molecular weight excluding hydrogens is 176 g/mol. The van der Waals surface area contributed by atoms with Gasteiger partial charge in [0, 0.05) is 5.92 Å². The number of hydrogen-bond donors (Lipinski definition) is 2. The predicted octanol–water partition coefficient (Wildman–Crippen LogP) is 1.73. The minimum Gasteiger partial charge on any atom is -0.307 e. The lowest BCUT2D eigenvalue weighted by molar-refractivity contribution is 0.674. The van der Waals surface area contributed by atoms with Crippen LogP contribution in [-0.2, 0) is 0 Å². The summed E-state index contributed by atoms with van der Waals surface area (Å²) in [5.41, 5.74) is 4.86. The van der Waals surface area contributed by atoms with Crippen molar-refractivity contribution in [2.45, 2.75) is 38.5 Å². The Hall–Kier alpha value is -1.16. The second-order valence-corrected chi connectivity index (χ2v) is 3.92. The second-order valence-electron chi connectivity index (χ2n) is 3.92. The number of nitrogens with zero attached hydrogens (tertiary/aromatic N) is 2. The first-order valence-electron chi connectivity index (χ1n) is 5.12. The molecule has 3 N–H and O–H groups in total. The van der Waals surface area contributed by atoms with Gasteiger partial charge in [-0.1, -0.05) is 12.8 Å². The first kappa shape index (κ1) is 9.40. The SMILES string of the molecule is Cc1cc(NN)nnc1C1CCCC1. The van der Waals surface area contributed by atoms with Crippen LogP contribution in [0.2, 0.25) is 0 Å². The zero-order chi connectivity index (χ0) is 9.97. The molecule has 0 aliphatic heterocycles. The Kier molecular flexibility index (Phi) is 2.63. The lowest BCUT2D eigenvalue weighted by Crippen LogP contribution is -2.11. The van der Waals surface area contributed by atoms with Crippen LogP contribution in [0.4, 0.5) is 5.82 Å². The predicted molar refractivity (Wildman–Crippen MR) is 55.8 cm³/mol. The standard InChI is InChI=1S/C10H16N4/c1-7-6-9(12-11)13-14-10(7)8-4-2-3-5-8/h6,8H,2-5,11H2,1H3,(H,12,13). The summed E-state index contributed by atoms with van der Waals surface area (Å²) in [6.45, 7) is 2.07. The van der Waals surface area contributed by atoms with E-state index in [2.05, 4.69) is 22.5 Å². The van der Waals surface area contributed by atoms with E-state index < -0.39 is 0 Å². The summed E-state index contributed by atoms with van der Waals surface area (Å²) in [6.07, 6.45) is 5.15. The van der Waals surface area contributed by atoms with Crippen molar-refractivity contribution in [3.05, 3.63) is 17.3 Å². The van der Waals surface area contributed by atoms with E-state index in [1.54, 1.807) is 0 Å². The van der Waals surface area contributed by atoms with Gasteiger partial charge in [0.05, 0.1) is 5.69 Å². The van der Waals surface area contributed by atoms with E-state index in [0.717, 1.165) is 5.69 Å². The third kappa shape index (κ3) is 1.70. The molecule has 0 radical (unpaired) electrons. The van der Waals surface area contributed by atoms with Gasteiger partial charge in [-0.15, -0.1) is 5.10 Å². The highest BCUT2D eigenvalue weighted by atomic mass is 15.3. The summed E-state index contributed by atoms with van der Waals surface area (Å²) in [6, 6.07) is 1.96. The first-order valence-corrected chi connectivity index (χ1v) is 5.12. The molecule has 0 bridgehead atoms. The molecule has 76 valence electrons. The fraction of sp³-hybridized carbons (Fsp3) is 0.600. The molecule has 4 nitrogen and oxygen atoms in total. The molecule has 1 aromatic rings. The summed E-state index contributed by atoms with van der Waals surface area (Å²) in [7, 11) is 0. The van der Waals surface area contributed by atoms with Crippen LogP contribution in [-0.4, -0.2) is 10.2 Å². The maximum absolute atomic E-state index is 5.27. The Morgan fingerprint density at radius 1 is 1.36 bits per heavy atom. The topological polar surface area (TPSA) is 63.8 Å². The molecule has 0 atom stereocenters. The molecule has 1 fully saturated rings. The Morgan fingerprint density at radius 3 is 2.64 bits per heavy atom. The maximum atomic E-state index is 5.27. The average molecular weight is 192 g/mol. The van der Waals surface area contributed by atoms with Crippen molar-refractivity contribution in [3.8, 4) is 0 Å². The Balaban J connectivity index is 2.25. The smallest absolute Gasteiger partial charge is 0.162 e. The lowest BCUT2D eigenvalue weighted by Gasteiger charge is -2.11. The van der Waals surface area contributed by atoms with E-state index in [0.29, 0.717) is 11.7 Å². The van der Waals surface area contributed by atoms with E-state index >= 15 is 0 Å². The van der Waals surface area contributed by atoms with Crippen LogP contribution in [0.1, 0.15) is 42.9 Å². The normalized spacial score (nSPS) is 17.3. The fourth-order valence-electron chi connectivity index (χ4n) is 2.17. The van der Waals surface area contributed by atoms with Gasteiger partial charge in [0.15, 0.2) is 5.82 Å². The number of anilines is 1. The Bertz CT molecular complexity index is 318. The van der Waals surface area contributed by atoms with Gasteiger partial charge < -0.3 is 5.43 Å². The summed E-state index contributed by atoms with van der Waals surface area (Å²) >= 11 is 0. The largest absolute Gasteiger partial charge is 0.307 e. The highest BCUT2D eigenvalue weighted by Crippen LogP contribution is 2.34. The van der Waals surface area contributed by atoms with E-state index in [9.17, 15) is 0 Å². The van der Waals surface area contributed by atoms with Crippen molar-refractivity contribution in [1.29, 1.82) is 0 Å². The van der Waals surface area contributed by atoms with Gasteiger partial charge in [0.2, 0.25) is 0 Å². The second kappa shape index (κ2) is 3.92. The van der Waals surface area contributed by atoms with Gasteiger partial charge in [0.1, 0.15) is 0 Å². The number of nitrogens with two attached hydrogens (primary N) is 1. The first-order chi connectivity index (χ1) is 6.81. The van der Waals surface area contributed by atoms with Crippen LogP contribution in [0.3, 0.4) is 0 Å². The summed E-state index contributed by atoms with van der Waals surface area (Å²) in [4.78, 5) is 0. The van der Waals surface area contributed by atoms with Crippen LogP contribution < -0.4 is 11.3 Å². The van der Waals surface area contributed by atoms with E-state index in [1.807, 2.05) is 6.07 Å². The zero-order valence-corrected chi connectivity index (χ0v) is 8.45. The molecule has 0 unspecified atom stereocenters. The average Bonchev–Trinajstić information content (AvgIpc) is 2.70. The minimum atomic E-state index is 0.620. The van der Waals surface area contributed by atoms with Crippen LogP contribution in [0.15, 0.2) is 6.07 Å². The number of hydrogen-bond acceptors (Lipinski definition) is 4. The summed E-state index contributed by atoms with van der Waals surface area (Å²) in [5, 5.41) is 8.26. The number of nitrogen functional groups attached to an aromatic ring is 1. The minimum absolute atomic E-state index is 0.620. The van der Waals surface area contributed by atoms with Crippen molar-refractivity contribution < 1.29 is 0 Å². The van der Waals surface area contributed by atoms with Crippen LogP contribution in [0.5, 0.6) is 0 Å². The van der Waals surface area contributed by atoms with Crippen molar-refractivity contribution in [2.75, 3.05) is 5.43 Å². The van der Waals surface area contributed by atoms with Gasteiger partial charge in [-0.25, -0.2) is 5.84 Å². The highest BCUT2D eigenvalue weighted by Gasteiger charge is 2.20. The molecule has 2 rings (SSSR count). The van der Waals surface area contributed by atoms with E-state index in [-0.39, 0.29) is 0 Å². The molecule has 14 heavy (non-hydrogen) atoms. The van der Waals surface area contributed by atoms with Gasteiger partial charge in [-0.3, -0.25) is 0 Å². The summed E-state index contributed by atoms with van der Waals surface area (Å²) < 4.78 is 0. The van der Waals surface area contributed by atoms with Gasteiger partial charge >= 0.3 is 0 Å². The van der Waals surface area contributed by atoms with Crippen LogP contribution in [0.25, 0.3) is 0 Å². The quantitative estimate of drug-likeness (QED) is 0.553. The monoisotopic (exact) mass is 192 g/mol. The van der Waals surface area contributed by atoms with Crippen LogP contribution >= 0.6 is 0 Å². The molecule has 0 aromatic carbocycles. The molecule has 0 spiro atoms. The van der Waals surface area contributed by atoms with Crippen molar-refractivity contribution in [1.82, 2.24) is 10.2 Å². The molecule has 1 saturated carbocycles. The van der Waals surface area contributed by atoms with Crippen LogP contribution in [0, 0.1) is 6.92 Å². The highest BCUT2D eigenvalue weighted by molar-refractivity contribution is 5.37. The van der Waals surface area contributed by atoms with Gasteiger partial charge in [-0.2, -0.15) is 5.10 Å². The Labute approximate surface area is 83.9 Å². The molecule has 1 heterocycles. The molecule has 4 heteroatoms. The molecule has 1 aliphatic rings.